The Morgan fingerprint density at radius 3 is 1.93 bits per heavy atom. The molecule has 2 heteroatoms. The molecule has 2 nitrogen and oxygen atoms in total. The van der Waals surface area contributed by atoms with Gasteiger partial charge in [0.2, 0.25) is 0 Å². The molecular weight excluding hydrogens is 174 g/mol. The molecule has 0 aromatic carbocycles. The first-order valence-corrected chi connectivity index (χ1v) is 4.90. The zero-order valence-corrected chi connectivity index (χ0v) is 9.63. The van der Waals surface area contributed by atoms with Crippen LogP contribution in [0.25, 0.3) is 0 Å². The van der Waals surface area contributed by atoms with Gasteiger partial charge in [-0.2, -0.15) is 0 Å². The van der Waals surface area contributed by atoms with Crippen molar-refractivity contribution in [2.75, 3.05) is 0 Å². The van der Waals surface area contributed by atoms with E-state index in [4.69, 9.17) is 0 Å². The van der Waals surface area contributed by atoms with Crippen LogP contribution in [0.5, 0.6) is 0 Å². The molecule has 0 aliphatic carbocycles. The first kappa shape index (κ1) is 11.2. The van der Waals surface area contributed by atoms with Crippen LogP contribution in [0.1, 0.15) is 45.9 Å². The third kappa shape index (κ3) is 2.55. The molecule has 0 amide bonds. The molecule has 0 saturated carbocycles. The zero-order valence-electron chi connectivity index (χ0n) is 9.63. The number of aliphatic hydroxyl groups is 1. The van der Waals surface area contributed by atoms with Gasteiger partial charge in [0.25, 0.3) is 0 Å². The van der Waals surface area contributed by atoms with Gasteiger partial charge in [0, 0.05) is 6.20 Å². The van der Waals surface area contributed by atoms with Crippen molar-refractivity contribution in [3.05, 3.63) is 29.6 Å². The summed E-state index contributed by atoms with van der Waals surface area (Å²) >= 11 is 0. The lowest BCUT2D eigenvalue weighted by Gasteiger charge is -2.21. The van der Waals surface area contributed by atoms with Crippen molar-refractivity contribution in [3.8, 4) is 0 Å². The van der Waals surface area contributed by atoms with Crippen molar-refractivity contribution >= 4 is 0 Å². The lowest BCUT2D eigenvalue weighted by atomic mass is 9.88. The average Bonchev–Trinajstić information content (AvgIpc) is 2.01. The molecule has 1 aromatic heterocycles. The van der Waals surface area contributed by atoms with Crippen LogP contribution in [0.2, 0.25) is 0 Å². The molecule has 0 bridgehead atoms. The average molecular weight is 193 g/mol. The molecule has 0 aliphatic rings. The van der Waals surface area contributed by atoms with Crippen LogP contribution in [0.3, 0.4) is 0 Å². The highest BCUT2D eigenvalue weighted by Gasteiger charge is 2.19. The highest BCUT2D eigenvalue weighted by molar-refractivity contribution is 5.23. The minimum Gasteiger partial charge on any atom is -0.384 e. The number of rotatable bonds is 1. The van der Waals surface area contributed by atoms with Gasteiger partial charge in [0.15, 0.2) is 0 Å². The van der Waals surface area contributed by atoms with Gasteiger partial charge >= 0.3 is 0 Å². The molecular formula is C12H19NO. The van der Waals surface area contributed by atoms with E-state index in [1.54, 1.807) is 13.8 Å². The standard InChI is InChI=1S/C12H19NO/c1-11(2,3)9-6-7-10(13-8-9)12(4,5)14/h6-8,14H,1-5H3. The zero-order chi connectivity index (χ0) is 11.0. The second kappa shape index (κ2) is 3.35. The van der Waals surface area contributed by atoms with E-state index in [1.807, 2.05) is 18.3 Å². The van der Waals surface area contributed by atoms with E-state index in [-0.39, 0.29) is 5.41 Å². The van der Waals surface area contributed by atoms with Gasteiger partial charge in [0.05, 0.1) is 5.69 Å². The number of hydrogen-bond donors (Lipinski definition) is 1. The lowest BCUT2D eigenvalue weighted by Crippen LogP contribution is -2.19. The van der Waals surface area contributed by atoms with Crippen molar-refractivity contribution in [1.82, 2.24) is 4.98 Å². The fourth-order valence-corrected chi connectivity index (χ4v) is 1.20. The van der Waals surface area contributed by atoms with Gasteiger partial charge < -0.3 is 5.11 Å². The molecule has 0 atom stereocenters. The van der Waals surface area contributed by atoms with E-state index in [9.17, 15) is 5.11 Å². The Morgan fingerprint density at radius 2 is 1.64 bits per heavy atom. The van der Waals surface area contributed by atoms with Crippen molar-refractivity contribution < 1.29 is 5.11 Å². The van der Waals surface area contributed by atoms with Crippen molar-refractivity contribution in [1.29, 1.82) is 0 Å². The van der Waals surface area contributed by atoms with E-state index in [2.05, 4.69) is 25.8 Å². The Morgan fingerprint density at radius 1 is 1.07 bits per heavy atom. The Kier molecular flexibility index (Phi) is 2.68. The fraction of sp³-hybridized carbons (Fsp3) is 0.583. The summed E-state index contributed by atoms with van der Waals surface area (Å²) in [6.07, 6.45) is 1.84. The Bertz CT molecular complexity index is 268. The lowest BCUT2D eigenvalue weighted by molar-refractivity contribution is 0.0738. The van der Waals surface area contributed by atoms with Crippen LogP contribution >= 0.6 is 0 Å². The largest absolute Gasteiger partial charge is 0.384 e. The van der Waals surface area contributed by atoms with E-state index in [0.717, 1.165) is 0 Å². The first-order chi connectivity index (χ1) is 6.21. The van der Waals surface area contributed by atoms with Gasteiger partial charge in [-0.1, -0.05) is 26.8 Å². The number of hydrogen-bond acceptors (Lipinski definition) is 2. The smallest absolute Gasteiger partial charge is 0.101 e. The molecule has 0 unspecified atom stereocenters. The predicted octanol–water partition coefficient (Wildman–Crippen LogP) is 2.61. The highest BCUT2D eigenvalue weighted by atomic mass is 16.3. The molecule has 0 radical (unpaired) electrons. The van der Waals surface area contributed by atoms with Gasteiger partial charge in [-0.25, -0.2) is 0 Å². The van der Waals surface area contributed by atoms with Gasteiger partial charge in [-0.15, -0.1) is 0 Å². The molecule has 0 fully saturated rings. The summed E-state index contributed by atoms with van der Waals surface area (Å²) < 4.78 is 0. The molecule has 1 aromatic rings. The Hall–Kier alpha value is -0.890. The molecule has 0 aliphatic heterocycles. The van der Waals surface area contributed by atoms with Crippen LogP contribution in [0.15, 0.2) is 18.3 Å². The van der Waals surface area contributed by atoms with Gasteiger partial charge in [-0.05, 0) is 30.9 Å². The summed E-state index contributed by atoms with van der Waals surface area (Å²) in [6, 6.07) is 3.92. The molecule has 0 saturated heterocycles. The van der Waals surface area contributed by atoms with Gasteiger partial charge in [0.1, 0.15) is 5.60 Å². The van der Waals surface area contributed by atoms with E-state index in [1.165, 1.54) is 5.56 Å². The Labute approximate surface area is 86.0 Å². The quantitative estimate of drug-likeness (QED) is 0.743. The maximum Gasteiger partial charge on any atom is 0.101 e. The van der Waals surface area contributed by atoms with Crippen LogP contribution < -0.4 is 0 Å². The molecule has 0 spiro atoms. The summed E-state index contributed by atoms with van der Waals surface area (Å²) in [5.41, 5.74) is 1.16. The molecule has 1 N–H and O–H groups in total. The van der Waals surface area contributed by atoms with Crippen LogP contribution in [0, 0.1) is 0 Å². The second-order valence-corrected chi connectivity index (χ2v) is 5.24. The van der Waals surface area contributed by atoms with Crippen molar-refractivity contribution in [2.45, 2.75) is 45.6 Å². The maximum atomic E-state index is 9.72. The fourth-order valence-electron chi connectivity index (χ4n) is 1.20. The minimum absolute atomic E-state index is 0.116. The van der Waals surface area contributed by atoms with E-state index in [0.29, 0.717) is 5.69 Å². The third-order valence-corrected chi connectivity index (χ3v) is 2.26. The number of aromatic nitrogens is 1. The number of pyridine rings is 1. The summed E-state index contributed by atoms with van der Waals surface area (Å²) in [4.78, 5) is 4.27. The van der Waals surface area contributed by atoms with Crippen LogP contribution in [-0.2, 0) is 11.0 Å². The maximum absolute atomic E-state index is 9.72. The number of nitrogens with zero attached hydrogens (tertiary/aromatic N) is 1. The molecule has 14 heavy (non-hydrogen) atoms. The first-order valence-electron chi connectivity index (χ1n) is 4.90. The van der Waals surface area contributed by atoms with Crippen molar-refractivity contribution in [2.24, 2.45) is 0 Å². The van der Waals surface area contributed by atoms with Gasteiger partial charge in [-0.3, -0.25) is 4.98 Å². The summed E-state index contributed by atoms with van der Waals surface area (Å²) in [6.45, 7) is 9.92. The highest BCUT2D eigenvalue weighted by Crippen LogP contribution is 2.23. The molecule has 1 rings (SSSR count). The second-order valence-electron chi connectivity index (χ2n) is 5.24. The summed E-state index contributed by atoms with van der Waals surface area (Å²) in [5, 5.41) is 9.72. The van der Waals surface area contributed by atoms with Crippen LogP contribution in [0.4, 0.5) is 0 Å². The van der Waals surface area contributed by atoms with Crippen molar-refractivity contribution in [3.63, 3.8) is 0 Å². The molecule has 1 heterocycles. The topological polar surface area (TPSA) is 33.1 Å². The van der Waals surface area contributed by atoms with Crippen LogP contribution in [-0.4, -0.2) is 10.1 Å². The third-order valence-electron chi connectivity index (χ3n) is 2.26. The molecule has 78 valence electrons. The summed E-state index contributed by atoms with van der Waals surface area (Å²) in [5.74, 6) is 0. The Balaban J connectivity index is 3.02. The van der Waals surface area contributed by atoms with E-state index >= 15 is 0 Å². The minimum atomic E-state index is -0.851. The normalized spacial score (nSPS) is 13.0. The monoisotopic (exact) mass is 193 g/mol. The predicted molar refractivity (Wildman–Crippen MR) is 58.2 cm³/mol. The summed E-state index contributed by atoms with van der Waals surface area (Å²) in [7, 11) is 0. The SMILES string of the molecule is CC(C)(C)c1ccc(C(C)(C)O)nc1. The van der Waals surface area contributed by atoms with E-state index < -0.39 is 5.60 Å².